The molecule has 4 rings (SSSR count). The second kappa shape index (κ2) is 6.13. The molecule has 0 bridgehead atoms. The largest absolute Gasteiger partial charge is 0.586 e. The normalized spacial score (nSPS) is 24.1. The number of benzene rings is 1. The highest BCUT2D eigenvalue weighted by molar-refractivity contribution is 5.65. The second-order valence-corrected chi connectivity index (χ2v) is 6.70. The molecular weight excluding hydrogens is 328 g/mol. The van der Waals surface area contributed by atoms with E-state index in [4.69, 9.17) is 0 Å². The van der Waals surface area contributed by atoms with Gasteiger partial charge >= 0.3 is 6.29 Å². The number of nitrogens with zero attached hydrogens (tertiary/aromatic N) is 2. The lowest BCUT2D eigenvalue weighted by molar-refractivity contribution is -0.286. The van der Waals surface area contributed by atoms with Crippen LogP contribution in [-0.2, 0) is 0 Å². The zero-order chi connectivity index (χ0) is 17.4. The molecule has 2 aromatic rings. The summed E-state index contributed by atoms with van der Waals surface area (Å²) in [5, 5.41) is 3.38. The van der Waals surface area contributed by atoms with Crippen molar-refractivity contribution >= 4 is 5.95 Å². The molecule has 1 fully saturated rings. The molecule has 2 aliphatic rings. The molecule has 1 aliphatic heterocycles. The highest BCUT2D eigenvalue weighted by Gasteiger charge is 2.43. The van der Waals surface area contributed by atoms with Crippen LogP contribution in [0, 0.1) is 5.92 Å². The van der Waals surface area contributed by atoms with Crippen LogP contribution in [0.1, 0.15) is 32.6 Å². The Morgan fingerprint density at radius 1 is 1.08 bits per heavy atom. The van der Waals surface area contributed by atoms with Gasteiger partial charge in [-0.2, -0.15) is 0 Å². The molecule has 1 aromatic heterocycles. The molecule has 1 aromatic carbocycles. The molecule has 1 N–H and O–H groups in total. The number of nitrogens with one attached hydrogen (secondary N) is 1. The van der Waals surface area contributed by atoms with Crippen molar-refractivity contribution in [2.75, 3.05) is 5.32 Å². The molecule has 0 atom stereocenters. The first kappa shape index (κ1) is 16.1. The molecule has 5 nitrogen and oxygen atoms in total. The number of fused-ring (bicyclic) bond motifs is 1. The average molecular weight is 347 g/mol. The summed E-state index contributed by atoms with van der Waals surface area (Å²) in [7, 11) is 0. The second-order valence-electron chi connectivity index (χ2n) is 6.70. The van der Waals surface area contributed by atoms with Gasteiger partial charge in [0.25, 0.3) is 0 Å². The van der Waals surface area contributed by atoms with Crippen molar-refractivity contribution < 1.29 is 18.3 Å². The highest BCUT2D eigenvalue weighted by Crippen LogP contribution is 2.42. The van der Waals surface area contributed by atoms with Gasteiger partial charge in [0.05, 0.1) is 5.69 Å². The van der Waals surface area contributed by atoms with Gasteiger partial charge in [0, 0.05) is 17.8 Å². The number of halogens is 2. The standard InChI is InChI=1S/C18H19F2N3O2/c1-11-2-5-13(6-3-11)22-17-21-9-8-14(23-17)12-4-7-15-16(10-12)25-18(19,20)24-15/h4,7-11,13H,2-3,5-6H2,1H3,(H,21,22,23). The van der Waals surface area contributed by atoms with E-state index in [0.717, 1.165) is 18.8 Å². The van der Waals surface area contributed by atoms with Gasteiger partial charge in [-0.25, -0.2) is 9.97 Å². The fourth-order valence-electron chi connectivity index (χ4n) is 3.28. The van der Waals surface area contributed by atoms with Gasteiger partial charge in [-0.15, -0.1) is 8.78 Å². The predicted octanol–water partition coefficient (Wildman–Crippen LogP) is 4.46. The number of anilines is 1. The van der Waals surface area contributed by atoms with E-state index in [0.29, 0.717) is 23.2 Å². The van der Waals surface area contributed by atoms with Gasteiger partial charge < -0.3 is 14.8 Å². The van der Waals surface area contributed by atoms with Crippen LogP contribution in [0.15, 0.2) is 30.5 Å². The van der Waals surface area contributed by atoms with Crippen LogP contribution in [-0.4, -0.2) is 22.3 Å². The van der Waals surface area contributed by atoms with Crippen molar-refractivity contribution in [1.82, 2.24) is 9.97 Å². The van der Waals surface area contributed by atoms with Crippen LogP contribution in [0.4, 0.5) is 14.7 Å². The maximum Gasteiger partial charge on any atom is 0.586 e. The van der Waals surface area contributed by atoms with E-state index in [1.54, 1.807) is 18.3 Å². The third-order valence-electron chi connectivity index (χ3n) is 4.70. The molecule has 0 saturated heterocycles. The lowest BCUT2D eigenvalue weighted by atomic mass is 9.87. The van der Waals surface area contributed by atoms with Crippen LogP contribution in [0.5, 0.6) is 11.5 Å². The van der Waals surface area contributed by atoms with E-state index in [-0.39, 0.29) is 11.5 Å². The number of hydrogen-bond donors (Lipinski definition) is 1. The van der Waals surface area contributed by atoms with Gasteiger partial charge in [-0.1, -0.05) is 6.92 Å². The topological polar surface area (TPSA) is 56.3 Å². The summed E-state index contributed by atoms with van der Waals surface area (Å²) < 4.78 is 35.2. The highest BCUT2D eigenvalue weighted by atomic mass is 19.3. The van der Waals surface area contributed by atoms with Crippen molar-refractivity contribution in [3.05, 3.63) is 30.5 Å². The van der Waals surface area contributed by atoms with E-state index in [1.807, 2.05) is 0 Å². The minimum atomic E-state index is -3.61. The monoisotopic (exact) mass is 347 g/mol. The molecule has 0 radical (unpaired) electrons. The molecule has 7 heteroatoms. The van der Waals surface area contributed by atoms with Crippen LogP contribution in [0.3, 0.4) is 0 Å². The Hall–Kier alpha value is -2.44. The van der Waals surface area contributed by atoms with E-state index in [2.05, 4.69) is 31.7 Å². The first-order chi connectivity index (χ1) is 12.0. The average Bonchev–Trinajstić information content (AvgIpc) is 2.90. The van der Waals surface area contributed by atoms with Crippen molar-refractivity contribution in [2.24, 2.45) is 5.92 Å². The third-order valence-corrected chi connectivity index (χ3v) is 4.70. The van der Waals surface area contributed by atoms with E-state index in [1.165, 1.54) is 25.0 Å². The molecule has 1 aliphatic carbocycles. The summed E-state index contributed by atoms with van der Waals surface area (Å²) in [6, 6.07) is 6.76. The minimum absolute atomic E-state index is 0.0110. The van der Waals surface area contributed by atoms with Crippen LogP contribution in [0.25, 0.3) is 11.3 Å². The maximum absolute atomic E-state index is 13.1. The number of hydrogen-bond acceptors (Lipinski definition) is 5. The maximum atomic E-state index is 13.1. The van der Waals surface area contributed by atoms with Crippen molar-refractivity contribution in [2.45, 2.75) is 44.9 Å². The van der Waals surface area contributed by atoms with Gasteiger partial charge in [-0.3, -0.25) is 0 Å². The van der Waals surface area contributed by atoms with Gasteiger partial charge in [0.2, 0.25) is 5.95 Å². The van der Waals surface area contributed by atoms with Crippen LogP contribution < -0.4 is 14.8 Å². The Kier molecular flexibility index (Phi) is 3.94. The molecule has 0 spiro atoms. The zero-order valence-electron chi connectivity index (χ0n) is 13.8. The molecule has 2 heterocycles. The van der Waals surface area contributed by atoms with E-state index >= 15 is 0 Å². The Morgan fingerprint density at radius 2 is 1.84 bits per heavy atom. The first-order valence-corrected chi connectivity index (χ1v) is 8.48. The van der Waals surface area contributed by atoms with Crippen LogP contribution >= 0.6 is 0 Å². The fraction of sp³-hybridized carbons (Fsp3) is 0.444. The lowest BCUT2D eigenvalue weighted by Crippen LogP contribution is -2.26. The lowest BCUT2D eigenvalue weighted by Gasteiger charge is -2.26. The van der Waals surface area contributed by atoms with Crippen molar-refractivity contribution in [1.29, 1.82) is 0 Å². The zero-order valence-corrected chi connectivity index (χ0v) is 13.8. The van der Waals surface area contributed by atoms with E-state index in [9.17, 15) is 8.78 Å². The van der Waals surface area contributed by atoms with Crippen molar-refractivity contribution in [3.63, 3.8) is 0 Å². The Morgan fingerprint density at radius 3 is 2.64 bits per heavy atom. The summed E-state index contributed by atoms with van der Waals surface area (Å²) in [6.45, 7) is 2.27. The summed E-state index contributed by atoms with van der Waals surface area (Å²) in [5.74, 6) is 1.37. The predicted molar refractivity (Wildman–Crippen MR) is 88.7 cm³/mol. The fourth-order valence-corrected chi connectivity index (χ4v) is 3.28. The van der Waals surface area contributed by atoms with Crippen molar-refractivity contribution in [3.8, 4) is 22.8 Å². The van der Waals surface area contributed by atoms with Crippen LogP contribution in [0.2, 0.25) is 0 Å². The Labute approximate surface area is 144 Å². The van der Waals surface area contributed by atoms with Gasteiger partial charge in [0.15, 0.2) is 11.5 Å². The quantitative estimate of drug-likeness (QED) is 0.889. The Bertz CT molecular complexity index is 777. The number of ether oxygens (including phenoxy) is 2. The molecule has 25 heavy (non-hydrogen) atoms. The number of aromatic nitrogens is 2. The summed E-state index contributed by atoms with van der Waals surface area (Å²) in [6.07, 6.45) is 2.66. The SMILES string of the molecule is CC1CCC(Nc2nccc(-c3ccc4c(c3)OC(F)(F)O4)n2)CC1. The molecule has 0 unspecified atom stereocenters. The number of alkyl halides is 2. The molecular formula is C18H19F2N3O2. The van der Waals surface area contributed by atoms with Gasteiger partial charge in [-0.05, 0) is 55.9 Å². The summed E-state index contributed by atoms with van der Waals surface area (Å²) in [5.41, 5.74) is 1.31. The Balaban J connectivity index is 1.52. The first-order valence-electron chi connectivity index (χ1n) is 8.48. The van der Waals surface area contributed by atoms with E-state index < -0.39 is 6.29 Å². The summed E-state index contributed by atoms with van der Waals surface area (Å²) in [4.78, 5) is 8.79. The van der Waals surface area contributed by atoms with Gasteiger partial charge in [0.1, 0.15) is 0 Å². The number of rotatable bonds is 3. The third kappa shape index (κ3) is 3.50. The smallest absolute Gasteiger partial charge is 0.395 e. The molecule has 1 saturated carbocycles. The summed E-state index contributed by atoms with van der Waals surface area (Å²) >= 11 is 0. The molecule has 132 valence electrons. The molecule has 0 amide bonds. The minimum Gasteiger partial charge on any atom is -0.395 e.